The Hall–Kier alpha value is -2.12. The number of aromatic nitrogens is 2. The zero-order chi connectivity index (χ0) is 15.6. The number of benzene rings is 1. The maximum absolute atomic E-state index is 12.5. The van der Waals surface area contributed by atoms with Crippen LogP contribution in [0.5, 0.6) is 0 Å². The van der Waals surface area contributed by atoms with E-state index in [0.717, 1.165) is 22.6 Å². The Morgan fingerprint density at radius 3 is 2.73 bits per heavy atom. The molecular weight excluding hydrogens is 318 g/mol. The Balaban J connectivity index is 1.90. The largest absolute Gasteiger partial charge is 0.279 e. The van der Waals surface area contributed by atoms with Gasteiger partial charge in [-0.3, -0.25) is 9.82 Å². The Morgan fingerprint density at radius 1 is 1.18 bits per heavy atom. The molecule has 0 unspecified atom stereocenters. The van der Waals surface area contributed by atoms with Crippen LogP contribution in [-0.4, -0.2) is 18.6 Å². The van der Waals surface area contributed by atoms with Gasteiger partial charge >= 0.3 is 0 Å². The van der Waals surface area contributed by atoms with Crippen LogP contribution in [0.25, 0.3) is 10.6 Å². The molecule has 22 heavy (non-hydrogen) atoms. The second-order valence-electron chi connectivity index (χ2n) is 4.71. The third kappa shape index (κ3) is 2.90. The number of H-pyrrole nitrogens is 1. The van der Waals surface area contributed by atoms with Crippen molar-refractivity contribution in [1.29, 1.82) is 0 Å². The van der Waals surface area contributed by atoms with E-state index in [1.54, 1.807) is 24.4 Å². The molecule has 3 aromatic rings. The van der Waals surface area contributed by atoms with Crippen molar-refractivity contribution in [3.05, 3.63) is 54.2 Å². The van der Waals surface area contributed by atoms with Gasteiger partial charge in [0, 0.05) is 6.20 Å². The zero-order valence-electron chi connectivity index (χ0n) is 11.9. The summed E-state index contributed by atoms with van der Waals surface area (Å²) < 4.78 is 28.0. The van der Waals surface area contributed by atoms with Crippen molar-refractivity contribution in [3.63, 3.8) is 0 Å². The van der Waals surface area contributed by atoms with Crippen LogP contribution >= 0.6 is 11.3 Å². The van der Waals surface area contributed by atoms with Crippen molar-refractivity contribution in [2.24, 2.45) is 0 Å². The van der Waals surface area contributed by atoms with Gasteiger partial charge in [-0.1, -0.05) is 25.1 Å². The van der Waals surface area contributed by atoms with Crippen LogP contribution in [0.4, 0.5) is 5.69 Å². The molecule has 0 spiro atoms. The predicted molar refractivity (Wildman–Crippen MR) is 88.5 cm³/mol. The van der Waals surface area contributed by atoms with E-state index in [4.69, 9.17) is 0 Å². The van der Waals surface area contributed by atoms with Crippen molar-refractivity contribution < 1.29 is 8.42 Å². The highest BCUT2D eigenvalue weighted by molar-refractivity contribution is 7.94. The number of hydrogen-bond donors (Lipinski definition) is 2. The second-order valence-corrected chi connectivity index (χ2v) is 7.70. The first-order valence-electron chi connectivity index (χ1n) is 6.80. The molecule has 0 saturated carbocycles. The third-order valence-electron chi connectivity index (χ3n) is 3.25. The molecule has 0 fully saturated rings. The summed E-state index contributed by atoms with van der Waals surface area (Å²) in [5.41, 5.74) is 2.40. The molecule has 2 N–H and O–H groups in total. The van der Waals surface area contributed by atoms with Crippen LogP contribution < -0.4 is 4.72 Å². The topological polar surface area (TPSA) is 74.8 Å². The molecule has 0 aliphatic heterocycles. The van der Waals surface area contributed by atoms with E-state index in [-0.39, 0.29) is 4.21 Å². The van der Waals surface area contributed by atoms with Crippen LogP contribution in [0.2, 0.25) is 0 Å². The molecule has 114 valence electrons. The van der Waals surface area contributed by atoms with E-state index in [1.165, 1.54) is 11.3 Å². The quantitative estimate of drug-likeness (QED) is 0.750. The molecule has 0 atom stereocenters. The summed E-state index contributed by atoms with van der Waals surface area (Å²) in [5, 5.41) is 6.71. The smallest absolute Gasteiger partial charge is 0.271 e. The van der Waals surface area contributed by atoms with Gasteiger partial charge in [-0.25, -0.2) is 8.42 Å². The van der Waals surface area contributed by atoms with E-state index in [1.807, 2.05) is 31.2 Å². The fraction of sp³-hybridized carbons (Fsp3) is 0.133. The van der Waals surface area contributed by atoms with Crippen molar-refractivity contribution in [1.82, 2.24) is 10.2 Å². The van der Waals surface area contributed by atoms with E-state index >= 15 is 0 Å². The SMILES string of the molecule is CCc1ccccc1NS(=O)(=O)c1ccc(-c2ccn[nH]2)s1. The standard InChI is InChI=1S/C15H15N3O2S2/c1-2-11-5-3-4-6-12(11)18-22(19,20)15-8-7-14(21-15)13-9-10-16-17-13/h3-10,18H,2H2,1H3,(H,16,17). The minimum Gasteiger partial charge on any atom is -0.279 e. The maximum atomic E-state index is 12.5. The summed E-state index contributed by atoms with van der Waals surface area (Å²) in [5.74, 6) is 0. The number of rotatable bonds is 5. The third-order valence-corrected chi connectivity index (χ3v) is 6.23. The van der Waals surface area contributed by atoms with E-state index in [9.17, 15) is 8.42 Å². The lowest BCUT2D eigenvalue weighted by atomic mass is 10.1. The highest BCUT2D eigenvalue weighted by atomic mass is 32.2. The average molecular weight is 333 g/mol. The fourth-order valence-corrected chi connectivity index (χ4v) is 4.51. The van der Waals surface area contributed by atoms with Crippen molar-refractivity contribution >= 4 is 27.0 Å². The minimum absolute atomic E-state index is 0.281. The molecule has 0 aliphatic rings. The predicted octanol–water partition coefficient (Wildman–Crippen LogP) is 3.50. The van der Waals surface area contributed by atoms with Gasteiger partial charge in [0.2, 0.25) is 0 Å². The molecule has 0 radical (unpaired) electrons. The number of anilines is 1. The zero-order valence-corrected chi connectivity index (χ0v) is 13.5. The number of sulfonamides is 1. The van der Waals surface area contributed by atoms with Crippen LogP contribution in [0.1, 0.15) is 12.5 Å². The molecule has 0 saturated heterocycles. The molecule has 7 heteroatoms. The van der Waals surface area contributed by atoms with Crippen molar-refractivity contribution in [3.8, 4) is 10.6 Å². The minimum atomic E-state index is -3.58. The summed E-state index contributed by atoms with van der Waals surface area (Å²) >= 11 is 1.21. The lowest BCUT2D eigenvalue weighted by Crippen LogP contribution is -2.12. The highest BCUT2D eigenvalue weighted by Gasteiger charge is 2.18. The highest BCUT2D eigenvalue weighted by Crippen LogP contribution is 2.30. The number of nitrogens with one attached hydrogen (secondary N) is 2. The monoisotopic (exact) mass is 333 g/mol. The first-order chi connectivity index (χ1) is 10.6. The van der Waals surface area contributed by atoms with Gasteiger partial charge in [0.1, 0.15) is 4.21 Å². The number of para-hydroxylation sites is 1. The van der Waals surface area contributed by atoms with Crippen LogP contribution in [0.15, 0.2) is 52.9 Å². The summed E-state index contributed by atoms with van der Waals surface area (Å²) in [6.45, 7) is 1.99. The number of hydrogen-bond acceptors (Lipinski definition) is 4. The lowest BCUT2D eigenvalue weighted by molar-refractivity contribution is 0.603. The Kier molecular flexibility index (Phi) is 4.00. The summed E-state index contributed by atoms with van der Waals surface area (Å²) in [6.07, 6.45) is 2.40. The molecule has 2 heterocycles. The number of thiophene rings is 1. The van der Waals surface area contributed by atoms with E-state index in [2.05, 4.69) is 14.9 Å². The van der Waals surface area contributed by atoms with Gasteiger partial charge < -0.3 is 0 Å². The Labute approximate surface area is 133 Å². The Bertz CT molecular complexity index is 868. The summed E-state index contributed by atoms with van der Waals surface area (Å²) in [4.78, 5) is 0.835. The molecule has 5 nitrogen and oxygen atoms in total. The molecule has 0 bridgehead atoms. The summed E-state index contributed by atoms with van der Waals surface area (Å²) in [7, 11) is -3.58. The van der Waals surface area contributed by atoms with Gasteiger partial charge in [-0.2, -0.15) is 5.10 Å². The van der Waals surface area contributed by atoms with Crippen molar-refractivity contribution in [2.75, 3.05) is 4.72 Å². The Morgan fingerprint density at radius 2 is 2.00 bits per heavy atom. The van der Waals surface area contributed by atoms with Gasteiger partial charge in [-0.15, -0.1) is 11.3 Å². The van der Waals surface area contributed by atoms with Crippen LogP contribution in [0.3, 0.4) is 0 Å². The first-order valence-corrected chi connectivity index (χ1v) is 9.10. The molecular formula is C15H15N3O2S2. The van der Waals surface area contributed by atoms with Gasteiger partial charge in [0.15, 0.2) is 0 Å². The van der Waals surface area contributed by atoms with Crippen LogP contribution in [0, 0.1) is 0 Å². The number of nitrogens with zero attached hydrogens (tertiary/aromatic N) is 1. The normalized spacial score (nSPS) is 11.5. The molecule has 1 aromatic carbocycles. The number of aryl methyl sites for hydroxylation is 1. The van der Waals surface area contributed by atoms with Gasteiger partial charge in [0.05, 0.1) is 16.3 Å². The summed E-state index contributed by atoms with van der Waals surface area (Å²) in [6, 6.07) is 12.6. The molecule has 2 aromatic heterocycles. The average Bonchev–Trinajstić information content (AvgIpc) is 3.18. The van der Waals surface area contributed by atoms with E-state index in [0.29, 0.717) is 5.69 Å². The number of aromatic amines is 1. The molecule has 0 amide bonds. The van der Waals surface area contributed by atoms with Gasteiger partial charge in [0.25, 0.3) is 10.0 Å². The lowest BCUT2D eigenvalue weighted by Gasteiger charge is -2.10. The fourth-order valence-electron chi connectivity index (χ4n) is 2.13. The van der Waals surface area contributed by atoms with Gasteiger partial charge in [-0.05, 0) is 36.2 Å². The van der Waals surface area contributed by atoms with Crippen molar-refractivity contribution in [2.45, 2.75) is 17.6 Å². The second kappa shape index (κ2) is 5.94. The molecule has 3 rings (SSSR count). The van der Waals surface area contributed by atoms with E-state index < -0.39 is 10.0 Å². The maximum Gasteiger partial charge on any atom is 0.271 e. The van der Waals surface area contributed by atoms with Crippen LogP contribution in [-0.2, 0) is 16.4 Å². The molecule has 0 aliphatic carbocycles. The first kappa shape index (κ1) is 14.8.